The zero-order chi connectivity index (χ0) is 11.5. The first-order chi connectivity index (χ1) is 7.65. The number of nitrogens with one attached hydrogen (secondary N) is 2. The number of hydrogen-bond acceptors (Lipinski definition) is 4. The Labute approximate surface area is 96.8 Å². The predicted molar refractivity (Wildman–Crippen MR) is 63.7 cm³/mol. The minimum Gasteiger partial charge on any atom is -0.294 e. The van der Waals surface area contributed by atoms with E-state index < -0.39 is 5.82 Å². The summed E-state index contributed by atoms with van der Waals surface area (Å²) in [6.45, 7) is 0. The number of allylic oxidation sites excluding steroid dienone is 1. The Bertz CT molecular complexity index is 459. The molecule has 3 nitrogen and oxygen atoms in total. The fourth-order valence-electron chi connectivity index (χ4n) is 1.10. The summed E-state index contributed by atoms with van der Waals surface area (Å²) in [4.78, 5) is 3.79. The van der Waals surface area contributed by atoms with Crippen LogP contribution in [0.4, 0.5) is 4.39 Å². The van der Waals surface area contributed by atoms with E-state index in [-0.39, 0.29) is 5.04 Å². The summed E-state index contributed by atoms with van der Waals surface area (Å²) in [6.07, 6.45) is 4.98. The average Bonchev–Trinajstić information content (AvgIpc) is 3.02. The molecule has 0 aliphatic heterocycles. The molecule has 1 aliphatic carbocycles. The monoisotopic (exact) mass is 235 g/mol. The van der Waals surface area contributed by atoms with Crippen molar-refractivity contribution in [3.05, 3.63) is 41.5 Å². The Morgan fingerprint density at radius 1 is 1.38 bits per heavy atom. The standard InChI is InChI=1S/C11H10FN3S/c12-8-3-4-9(15-6-8)11(14)16-10(13)5-7-1-2-7/h3-6,13-14H,1-2H2. The fraction of sp³-hybridized carbons (Fsp3) is 0.182. The quantitative estimate of drug-likeness (QED) is 0.611. The zero-order valence-electron chi connectivity index (χ0n) is 8.46. The van der Waals surface area contributed by atoms with E-state index in [4.69, 9.17) is 10.8 Å². The molecule has 0 amide bonds. The lowest BCUT2D eigenvalue weighted by Gasteiger charge is -2.01. The smallest absolute Gasteiger partial charge is 0.141 e. The second-order valence-corrected chi connectivity index (χ2v) is 4.51. The van der Waals surface area contributed by atoms with Gasteiger partial charge in [0.2, 0.25) is 0 Å². The molecule has 1 heterocycles. The number of aromatic nitrogens is 1. The summed E-state index contributed by atoms with van der Waals surface area (Å²) in [7, 11) is 0. The van der Waals surface area contributed by atoms with Crippen molar-refractivity contribution in [1.82, 2.24) is 4.98 Å². The maximum atomic E-state index is 12.6. The van der Waals surface area contributed by atoms with Crippen molar-refractivity contribution in [3.8, 4) is 0 Å². The molecule has 0 saturated heterocycles. The summed E-state index contributed by atoms with van der Waals surface area (Å²) in [6, 6.07) is 2.71. The van der Waals surface area contributed by atoms with Crippen molar-refractivity contribution < 1.29 is 4.39 Å². The summed E-state index contributed by atoms with van der Waals surface area (Å²) in [5.74, 6) is -0.420. The van der Waals surface area contributed by atoms with Gasteiger partial charge in [0.15, 0.2) is 0 Å². The normalized spacial score (nSPS) is 13.4. The van der Waals surface area contributed by atoms with Gasteiger partial charge in [-0.05, 0) is 42.8 Å². The molecule has 5 heteroatoms. The highest BCUT2D eigenvalue weighted by atomic mass is 32.2. The minimum absolute atomic E-state index is 0.169. The van der Waals surface area contributed by atoms with Crippen LogP contribution in [0.15, 0.2) is 30.0 Å². The van der Waals surface area contributed by atoms with Crippen LogP contribution in [0.3, 0.4) is 0 Å². The van der Waals surface area contributed by atoms with Crippen LogP contribution in [-0.2, 0) is 0 Å². The molecular weight excluding hydrogens is 225 g/mol. The van der Waals surface area contributed by atoms with Gasteiger partial charge in [0, 0.05) is 0 Å². The molecule has 0 radical (unpaired) electrons. The van der Waals surface area contributed by atoms with Gasteiger partial charge in [0.05, 0.1) is 16.9 Å². The van der Waals surface area contributed by atoms with Crippen LogP contribution in [0.5, 0.6) is 0 Å². The van der Waals surface area contributed by atoms with Gasteiger partial charge in [0.1, 0.15) is 10.9 Å². The van der Waals surface area contributed by atoms with Gasteiger partial charge in [0.25, 0.3) is 0 Å². The molecule has 2 rings (SSSR count). The lowest BCUT2D eigenvalue weighted by atomic mass is 10.4. The van der Waals surface area contributed by atoms with Crippen molar-refractivity contribution in [2.45, 2.75) is 12.8 Å². The summed E-state index contributed by atoms with van der Waals surface area (Å²) >= 11 is 1.03. The third-order valence-corrected chi connectivity index (χ3v) is 2.80. The maximum absolute atomic E-state index is 12.6. The van der Waals surface area contributed by atoms with Crippen LogP contribution < -0.4 is 0 Å². The van der Waals surface area contributed by atoms with Crippen LogP contribution in [0.1, 0.15) is 18.5 Å². The van der Waals surface area contributed by atoms with E-state index in [9.17, 15) is 4.39 Å². The number of pyridine rings is 1. The fourth-order valence-corrected chi connectivity index (χ4v) is 1.77. The van der Waals surface area contributed by atoms with E-state index in [2.05, 4.69) is 4.98 Å². The first kappa shape index (κ1) is 11.0. The molecule has 1 aromatic rings. The predicted octanol–water partition coefficient (Wildman–Crippen LogP) is 2.98. The molecule has 0 aromatic carbocycles. The summed E-state index contributed by atoms with van der Waals surface area (Å²) < 4.78 is 12.6. The molecule has 82 valence electrons. The molecule has 1 fully saturated rings. The van der Waals surface area contributed by atoms with Crippen LogP contribution in [-0.4, -0.2) is 15.1 Å². The number of halogens is 1. The molecule has 2 N–H and O–H groups in total. The average molecular weight is 235 g/mol. The van der Waals surface area contributed by atoms with Gasteiger partial charge in [-0.25, -0.2) is 4.39 Å². The van der Waals surface area contributed by atoms with E-state index in [0.29, 0.717) is 10.7 Å². The van der Waals surface area contributed by atoms with E-state index in [0.717, 1.165) is 30.8 Å². The molecular formula is C11H10FN3S. The van der Waals surface area contributed by atoms with E-state index in [1.165, 1.54) is 17.7 Å². The van der Waals surface area contributed by atoms with E-state index in [1.54, 1.807) is 6.08 Å². The highest BCUT2D eigenvalue weighted by molar-refractivity contribution is 8.27. The second kappa shape index (κ2) is 4.57. The first-order valence-electron chi connectivity index (χ1n) is 4.81. The highest BCUT2D eigenvalue weighted by Gasteiger charge is 2.13. The Morgan fingerprint density at radius 3 is 2.69 bits per heavy atom. The van der Waals surface area contributed by atoms with Crippen LogP contribution in [0.25, 0.3) is 0 Å². The first-order valence-corrected chi connectivity index (χ1v) is 5.63. The zero-order valence-corrected chi connectivity index (χ0v) is 9.27. The van der Waals surface area contributed by atoms with Crippen molar-refractivity contribution in [2.24, 2.45) is 0 Å². The molecule has 1 aromatic heterocycles. The maximum Gasteiger partial charge on any atom is 0.141 e. The molecule has 0 atom stereocenters. The van der Waals surface area contributed by atoms with Crippen LogP contribution in [0.2, 0.25) is 0 Å². The Balaban J connectivity index is 1.99. The molecule has 1 saturated carbocycles. The SMILES string of the molecule is N=C(C=C1CC1)SC(=N)c1ccc(F)cn1. The Kier molecular flexibility index (Phi) is 3.14. The molecule has 1 aliphatic rings. The topological polar surface area (TPSA) is 60.6 Å². The van der Waals surface area contributed by atoms with Crippen molar-refractivity contribution in [3.63, 3.8) is 0 Å². The Hall–Kier alpha value is -1.49. The van der Waals surface area contributed by atoms with Crippen molar-refractivity contribution in [1.29, 1.82) is 10.8 Å². The van der Waals surface area contributed by atoms with E-state index in [1.807, 2.05) is 0 Å². The van der Waals surface area contributed by atoms with Gasteiger partial charge >= 0.3 is 0 Å². The van der Waals surface area contributed by atoms with Crippen molar-refractivity contribution in [2.75, 3.05) is 0 Å². The lowest BCUT2D eigenvalue weighted by Crippen LogP contribution is -2.00. The number of thioether (sulfide) groups is 1. The number of rotatable bonds is 2. The van der Waals surface area contributed by atoms with Gasteiger partial charge in [-0.15, -0.1) is 0 Å². The van der Waals surface area contributed by atoms with E-state index >= 15 is 0 Å². The highest BCUT2D eigenvalue weighted by Crippen LogP contribution is 2.28. The molecule has 0 bridgehead atoms. The third-order valence-electron chi connectivity index (χ3n) is 2.05. The van der Waals surface area contributed by atoms with Crippen LogP contribution in [0, 0.1) is 16.6 Å². The van der Waals surface area contributed by atoms with Gasteiger partial charge in [-0.1, -0.05) is 5.57 Å². The van der Waals surface area contributed by atoms with Gasteiger partial charge in [-0.3, -0.25) is 15.8 Å². The lowest BCUT2D eigenvalue weighted by molar-refractivity contribution is 0.621. The summed E-state index contributed by atoms with van der Waals surface area (Å²) in [5, 5.41) is 15.8. The summed E-state index contributed by atoms with van der Waals surface area (Å²) in [5.41, 5.74) is 1.64. The molecule has 0 spiro atoms. The van der Waals surface area contributed by atoms with Crippen LogP contribution >= 0.6 is 11.8 Å². The third kappa shape index (κ3) is 3.00. The Morgan fingerprint density at radius 2 is 2.12 bits per heavy atom. The second-order valence-electron chi connectivity index (χ2n) is 3.46. The molecule has 16 heavy (non-hydrogen) atoms. The number of hydrogen-bond donors (Lipinski definition) is 2. The minimum atomic E-state index is -0.420. The van der Waals surface area contributed by atoms with Gasteiger partial charge < -0.3 is 0 Å². The van der Waals surface area contributed by atoms with Crippen molar-refractivity contribution >= 4 is 21.8 Å². The van der Waals surface area contributed by atoms with Gasteiger partial charge in [-0.2, -0.15) is 0 Å². The number of nitrogens with zero attached hydrogens (tertiary/aromatic N) is 1. The largest absolute Gasteiger partial charge is 0.294 e. The molecule has 0 unspecified atom stereocenters.